The standard InChI is InChI=1S/C43H57N5O10S/c1-3-46(33-9-7-8-30(2)26-33)41(53)29-47-34-18-25-59-37(34)28-35(47)36(49)27-31-11-13-32(14-12-31)43(55)45-19-6-4-5-10-38(50)44-20-22-57-24-23-56-21-17-42(54)58-48-39(51)15-16-40(48)52/h7-9,18,25-26,28,31-32H,3-6,10-17,19-24,27,29H2,1-2H3,(H,44,50)(H,45,55). The molecule has 5 rings (SSSR count). The van der Waals surface area contributed by atoms with E-state index in [1.54, 1.807) is 16.2 Å². The van der Waals surface area contributed by atoms with E-state index in [9.17, 15) is 33.6 Å². The third-order valence-corrected chi connectivity index (χ3v) is 11.5. The van der Waals surface area contributed by atoms with E-state index in [1.807, 2.05) is 60.2 Å². The number of carbonyl (C=O) groups is 7. The molecular weight excluding hydrogens is 779 g/mol. The van der Waals surface area contributed by atoms with Crippen LogP contribution in [0.2, 0.25) is 0 Å². The van der Waals surface area contributed by atoms with Crippen LogP contribution < -0.4 is 15.5 Å². The summed E-state index contributed by atoms with van der Waals surface area (Å²) in [7, 11) is 0. The molecule has 16 heteroatoms. The van der Waals surface area contributed by atoms with Crippen LogP contribution in [0.4, 0.5) is 5.69 Å². The Hall–Kier alpha value is -4.93. The van der Waals surface area contributed by atoms with Gasteiger partial charge in [-0.3, -0.25) is 28.8 Å². The number of hydrogen-bond acceptors (Lipinski definition) is 11. The van der Waals surface area contributed by atoms with Gasteiger partial charge in [0.1, 0.15) is 6.54 Å². The van der Waals surface area contributed by atoms with Crippen LogP contribution >= 0.6 is 11.3 Å². The van der Waals surface area contributed by atoms with Crippen molar-refractivity contribution in [2.24, 2.45) is 11.8 Å². The number of ether oxygens (including phenoxy) is 2. The van der Waals surface area contributed by atoms with Gasteiger partial charge in [0.15, 0.2) is 5.78 Å². The summed E-state index contributed by atoms with van der Waals surface area (Å²) in [5.74, 6) is -1.71. The number of fused-ring (bicyclic) bond motifs is 1. The van der Waals surface area contributed by atoms with E-state index in [0.29, 0.717) is 56.3 Å². The second kappa shape index (κ2) is 23.0. The van der Waals surface area contributed by atoms with Crippen molar-refractivity contribution < 1.29 is 47.9 Å². The fourth-order valence-corrected chi connectivity index (χ4v) is 8.29. The third kappa shape index (κ3) is 13.5. The Kier molecular flexibility index (Phi) is 17.6. The Morgan fingerprint density at radius 1 is 0.847 bits per heavy atom. The minimum atomic E-state index is -0.725. The highest BCUT2D eigenvalue weighted by Gasteiger charge is 2.33. The van der Waals surface area contributed by atoms with Crippen LogP contribution in [-0.4, -0.2) is 97.0 Å². The molecule has 0 spiro atoms. The predicted octanol–water partition coefficient (Wildman–Crippen LogP) is 5.27. The quantitative estimate of drug-likeness (QED) is 0.0686. The Morgan fingerprint density at radius 2 is 1.59 bits per heavy atom. The Balaban J connectivity index is 0.888. The molecule has 320 valence electrons. The summed E-state index contributed by atoms with van der Waals surface area (Å²) in [4.78, 5) is 93.6. The molecule has 0 radical (unpaired) electrons. The fourth-order valence-electron chi connectivity index (χ4n) is 7.47. The lowest BCUT2D eigenvalue weighted by Gasteiger charge is -2.27. The topological polar surface area (TPSA) is 183 Å². The number of Topliss-reactive ketones (excluding diaryl/α,β-unsaturated/α-hetero) is 1. The zero-order valence-electron chi connectivity index (χ0n) is 34.2. The molecule has 2 aliphatic rings. The monoisotopic (exact) mass is 835 g/mol. The Morgan fingerprint density at radius 3 is 2.32 bits per heavy atom. The number of hydroxylamine groups is 2. The number of thiophene rings is 1. The zero-order chi connectivity index (χ0) is 42.1. The minimum Gasteiger partial charge on any atom is -0.378 e. The third-order valence-electron chi connectivity index (χ3n) is 10.7. The molecular formula is C43H57N5O10S. The van der Waals surface area contributed by atoms with Crippen molar-refractivity contribution in [2.75, 3.05) is 51.0 Å². The van der Waals surface area contributed by atoms with Crippen molar-refractivity contribution >= 4 is 68.5 Å². The maximum atomic E-state index is 13.7. The summed E-state index contributed by atoms with van der Waals surface area (Å²) >= 11 is 1.56. The number of ketones is 1. The van der Waals surface area contributed by atoms with Crippen molar-refractivity contribution in [2.45, 2.75) is 97.4 Å². The molecule has 1 aliphatic carbocycles. The summed E-state index contributed by atoms with van der Waals surface area (Å²) in [5.41, 5.74) is 3.39. The van der Waals surface area contributed by atoms with Gasteiger partial charge in [0.05, 0.1) is 48.8 Å². The van der Waals surface area contributed by atoms with Gasteiger partial charge in [0, 0.05) is 56.9 Å². The van der Waals surface area contributed by atoms with E-state index in [2.05, 4.69) is 10.6 Å². The van der Waals surface area contributed by atoms with Crippen LogP contribution in [0, 0.1) is 18.8 Å². The molecule has 2 N–H and O–H groups in total. The number of amides is 5. The highest BCUT2D eigenvalue weighted by atomic mass is 32.1. The zero-order valence-corrected chi connectivity index (χ0v) is 35.0. The first-order valence-electron chi connectivity index (χ1n) is 20.8. The highest BCUT2D eigenvalue weighted by Crippen LogP contribution is 2.33. The van der Waals surface area contributed by atoms with E-state index < -0.39 is 17.8 Å². The van der Waals surface area contributed by atoms with Crippen LogP contribution in [0.3, 0.4) is 0 Å². The molecule has 0 bridgehead atoms. The molecule has 1 saturated heterocycles. The fraction of sp³-hybridized carbons (Fsp3) is 0.558. The molecule has 3 aromatic rings. The summed E-state index contributed by atoms with van der Waals surface area (Å²) in [6, 6.07) is 11.8. The minimum absolute atomic E-state index is 0.0334. The molecule has 1 saturated carbocycles. The van der Waals surface area contributed by atoms with Gasteiger partial charge in [0.2, 0.25) is 17.7 Å². The smallest absolute Gasteiger partial charge is 0.335 e. The van der Waals surface area contributed by atoms with E-state index in [-0.39, 0.29) is 81.0 Å². The molecule has 1 aliphatic heterocycles. The average molecular weight is 836 g/mol. The van der Waals surface area contributed by atoms with Gasteiger partial charge in [-0.2, -0.15) is 0 Å². The molecule has 0 atom stereocenters. The number of unbranched alkanes of at least 4 members (excludes halogenated alkanes) is 2. The van der Waals surface area contributed by atoms with E-state index in [0.717, 1.165) is 60.0 Å². The summed E-state index contributed by atoms with van der Waals surface area (Å²) in [6.07, 6.45) is 6.11. The second-order valence-corrected chi connectivity index (χ2v) is 16.0. The lowest BCUT2D eigenvalue weighted by Crippen LogP contribution is -2.35. The van der Waals surface area contributed by atoms with Gasteiger partial charge in [-0.15, -0.1) is 16.4 Å². The SMILES string of the molecule is CCN(C(=O)Cn1c(C(=O)CC2CCC(C(=O)NCCCCCC(=O)NCCOCCOCCC(=O)ON3C(=O)CCC3=O)CC2)cc2sccc21)c1cccc(C)c1. The molecule has 1 aromatic carbocycles. The lowest BCUT2D eigenvalue weighted by molar-refractivity contribution is -0.198. The van der Waals surface area contributed by atoms with Gasteiger partial charge in [-0.1, -0.05) is 18.6 Å². The largest absolute Gasteiger partial charge is 0.378 e. The van der Waals surface area contributed by atoms with Gasteiger partial charge in [-0.25, -0.2) is 4.79 Å². The number of likely N-dealkylation sites (N-methyl/N-ethyl adjacent to an activating group) is 1. The maximum Gasteiger partial charge on any atom is 0.335 e. The van der Waals surface area contributed by atoms with E-state index in [4.69, 9.17) is 14.3 Å². The number of hydrogen-bond donors (Lipinski definition) is 2. The van der Waals surface area contributed by atoms with Crippen molar-refractivity contribution in [3.05, 3.63) is 53.0 Å². The predicted molar refractivity (Wildman–Crippen MR) is 221 cm³/mol. The number of benzene rings is 1. The number of aromatic nitrogens is 1. The number of anilines is 1. The van der Waals surface area contributed by atoms with Crippen LogP contribution in [0.5, 0.6) is 0 Å². The van der Waals surface area contributed by atoms with Crippen LogP contribution in [0.25, 0.3) is 10.2 Å². The molecule has 15 nitrogen and oxygen atoms in total. The lowest BCUT2D eigenvalue weighted by atomic mass is 9.79. The van der Waals surface area contributed by atoms with Crippen molar-refractivity contribution in [3.8, 4) is 0 Å². The number of carbonyl (C=O) groups excluding carboxylic acids is 7. The molecule has 2 aromatic heterocycles. The van der Waals surface area contributed by atoms with E-state index >= 15 is 0 Å². The van der Waals surface area contributed by atoms with Crippen LogP contribution in [0.1, 0.15) is 100 Å². The second-order valence-electron chi connectivity index (χ2n) is 15.1. The average Bonchev–Trinajstić information content (AvgIpc) is 3.91. The molecule has 5 amide bonds. The normalized spacial score (nSPS) is 16.7. The highest BCUT2D eigenvalue weighted by molar-refractivity contribution is 7.17. The maximum absolute atomic E-state index is 13.7. The van der Waals surface area contributed by atoms with Crippen LogP contribution in [-0.2, 0) is 49.6 Å². The first-order valence-corrected chi connectivity index (χ1v) is 21.7. The number of imide groups is 1. The van der Waals surface area contributed by atoms with Gasteiger partial charge in [-0.05, 0) is 93.5 Å². The summed E-state index contributed by atoms with van der Waals surface area (Å²) in [6.45, 7) is 6.35. The molecule has 3 heterocycles. The Bertz CT molecular complexity index is 1920. The van der Waals surface area contributed by atoms with E-state index in [1.165, 1.54) is 0 Å². The van der Waals surface area contributed by atoms with Gasteiger partial charge in [0.25, 0.3) is 11.8 Å². The number of nitrogens with one attached hydrogen (secondary N) is 2. The number of aryl methyl sites for hydroxylation is 1. The van der Waals surface area contributed by atoms with Crippen LogP contribution in [0.15, 0.2) is 41.8 Å². The van der Waals surface area contributed by atoms with Crippen molar-refractivity contribution in [1.29, 1.82) is 0 Å². The van der Waals surface area contributed by atoms with Gasteiger partial charge >= 0.3 is 5.97 Å². The number of rotatable bonds is 24. The summed E-state index contributed by atoms with van der Waals surface area (Å²) < 4.78 is 13.6. The van der Waals surface area contributed by atoms with Gasteiger partial charge < -0.3 is 34.4 Å². The number of nitrogens with zero attached hydrogens (tertiary/aromatic N) is 3. The Labute approximate surface area is 349 Å². The first kappa shape index (κ1) is 45.2. The molecule has 0 unspecified atom stereocenters. The first-order chi connectivity index (χ1) is 28.5. The van der Waals surface area contributed by atoms with Crippen molar-refractivity contribution in [1.82, 2.24) is 20.3 Å². The molecule has 59 heavy (non-hydrogen) atoms. The summed E-state index contributed by atoms with van der Waals surface area (Å²) in [5, 5.41) is 8.36. The van der Waals surface area contributed by atoms with Crippen molar-refractivity contribution in [3.63, 3.8) is 0 Å². The molecule has 2 fully saturated rings.